The minimum atomic E-state index is -0.280. The van der Waals surface area contributed by atoms with Gasteiger partial charge in [-0.05, 0) is 33.2 Å². The molecular formula is C13H24N2OS. The molecule has 0 atom stereocenters. The van der Waals surface area contributed by atoms with Crippen molar-refractivity contribution in [2.24, 2.45) is 0 Å². The molecule has 17 heavy (non-hydrogen) atoms. The first-order valence-corrected chi connectivity index (χ1v) is 7.11. The second kappa shape index (κ2) is 6.47. The topological polar surface area (TPSA) is 34.1 Å². The Hall–Kier alpha value is -0.450. The Labute approximate surface area is 109 Å². The Kier molecular flexibility index (Phi) is 5.56. The summed E-state index contributed by atoms with van der Waals surface area (Å²) in [4.78, 5) is 6.05. The van der Waals surface area contributed by atoms with Crippen LogP contribution in [0, 0.1) is 0 Å². The standard InChI is InChI=1S/C13H24N2OS/c1-6-8-14-9-11-10(7-2)15-12(17-11)13(3,4)16-5/h14H,6-9H2,1-5H3. The molecule has 3 nitrogen and oxygen atoms in total. The molecule has 1 N–H and O–H groups in total. The molecule has 0 unspecified atom stereocenters. The Morgan fingerprint density at radius 1 is 1.35 bits per heavy atom. The van der Waals surface area contributed by atoms with Crippen molar-refractivity contribution >= 4 is 11.3 Å². The smallest absolute Gasteiger partial charge is 0.125 e. The zero-order chi connectivity index (χ0) is 12.9. The number of hydrogen-bond donors (Lipinski definition) is 1. The lowest BCUT2D eigenvalue weighted by Crippen LogP contribution is -2.19. The van der Waals surface area contributed by atoms with Crippen LogP contribution in [0.4, 0.5) is 0 Å². The van der Waals surface area contributed by atoms with E-state index in [1.165, 1.54) is 10.6 Å². The van der Waals surface area contributed by atoms with Crippen molar-refractivity contribution in [2.75, 3.05) is 13.7 Å². The number of ether oxygens (including phenoxy) is 1. The SMILES string of the molecule is CCCNCc1sc(C(C)(C)OC)nc1CC. The highest BCUT2D eigenvalue weighted by Crippen LogP contribution is 2.30. The molecule has 1 rings (SSSR count). The van der Waals surface area contributed by atoms with Gasteiger partial charge in [-0.3, -0.25) is 0 Å². The van der Waals surface area contributed by atoms with Gasteiger partial charge < -0.3 is 10.1 Å². The van der Waals surface area contributed by atoms with Crippen LogP contribution in [0.2, 0.25) is 0 Å². The highest BCUT2D eigenvalue weighted by Gasteiger charge is 2.25. The second-order valence-electron chi connectivity index (χ2n) is 4.63. The summed E-state index contributed by atoms with van der Waals surface area (Å²) in [5.41, 5.74) is 0.927. The third-order valence-electron chi connectivity index (χ3n) is 2.85. The fourth-order valence-corrected chi connectivity index (χ4v) is 2.72. The monoisotopic (exact) mass is 256 g/mol. The van der Waals surface area contributed by atoms with E-state index in [0.717, 1.165) is 30.9 Å². The Morgan fingerprint density at radius 3 is 2.59 bits per heavy atom. The van der Waals surface area contributed by atoms with Gasteiger partial charge in [-0.2, -0.15) is 0 Å². The van der Waals surface area contributed by atoms with Gasteiger partial charge in [-0.15, -0.1) is 11.3 Å². The number of rotatable bonds is 7. The predicted molar refractivity (Wildman–Crippen MR) is 73.5 cm³/mol. The summed E-state index contributed by atoms with van der Waals surface area (Å²) in [7, 11) is 1.74. The van der Waals surface area contributed by atoms with E-state index in [1.54, 1.807) is 18.4 Å². The Morgan fingerprint density at radius 2 is 2.06 bits per heavy atom. The zero-order valence-corrected chi connectivity index (χ0v) is 12.4. The van der Waals surface area contributed by atoms with Crippen LogP contribution in [0.15, 0.2) is 0 Å². The number of thiazole rings is 1. The minimum absolute atomic E-state index is 0.280. The van der Waals surface area contributed by atoms with Crippen molar-refractivity contribution in [3.8, 4) is 0 Å². The third kappa shape index (κ3) is 3.76. The number of aromatic nitrogens is 1. The minimum Gasteiger partial charge on any atom is -0.372 e. The van der Waals surface area contributed by atoms with Gasteiger partial charge in [0.2, 0.25) is 0 Å². The lowest BCUT2D eigenvalue weighted by Gasteiger charge is -2.19. The van der Waals surface area contributed by atoms with E-state index >= 15 is 0 Å². The molecule has 0 aliphatic carbocycles. The van der Waals surface area contributed by atoms with Gasteiger partial charge in [0.25, 0.3) is 0 Å². The van der Waals surface area contributed by atoms with Crippen molar-refractivity contribution in [3.63, 3.8) is 0 Å². The van der Waals surface area contributed by atoms with E-state index in [0.29, 0.717) is 0 Å². The second-order valence-corrected chi connectivity index (χ2v) is 5.72. The van der Waals surface area contributed by atoms with Crippen LogP contribution in [0.5, 0.6) is 0 Å². The van der Waals surface area contributed by atoms with E-state index in [1.807, 2.05) is 0 Å². The average molecular weight is 256 g/mol. The highest BCUT2D eigenvalue weighted by molar-refractivity contribution is 7.11. The molecule has 0 saturated heterocycles. The summed E-state index contributed by atoms with van der Waals surface area (Å²) in [6.45, 7) is 10.4. The molecule has 1 aromatic rings. The van der Waals surface area contributed by atoms with Gasteiger partial charge in [0.1, 0.15) is 10.6 Å². The van der Waals surface area contributed by atoms with Gasteiger partial charge in [0.15, 0.2) is 0 Å². The Bertz CT molecular complexity index is 347. The molecule has 0 saturated carbocycles. The van der Waals surface area contributed by atoms with Gasteiger partial charge in [-0.1, -0.05) is 13.8 Å². The molecule has 0 aliphatic rings. The molecule has 0 fully saturated rings. The first-order chi connectivity index (χ1) is 8.05. The number of nitrogens with one attached hydrogen (secondary N) is 1. The van der Waals surface area contributed by atoms with Crippen LogP contribution >= 0.6 is 11.3 Å². The number of methoxy groups -OCH3 is 1. The normalized spacial score (nSPS) is 12.1. The summed E-state index contributed by atoms with van der Waals surface area (Å²) in [6.07, 6.45) is 2.15. The number of hydrogen-bond acceptors (Lipinski definition) is 4. The molecule has 1 heterocycles. The maximum atomic E-state index is 5.49. The van der Waals surface area contributed by atoms with Crippen LogP contribution in [0.1, 0.15) is 49.7 Å². The third-order valence-corrected chi connectivity index (χ3v) is 4.25. The molecule has 4 heteroatoms. The molecule has 0 radical (unpaired) electrons. The van der Waals surface area contributed by atoms with Crippen LogP contribution < -0.4 is 5.32 Å². The summed E-state index contributed by atoms with van der Waals surface area (Å²) in [5.74, 6) is 0. The molecule has 0 spiro atoms. The molecule has 0 amide bonds. The van der Waals surface area contributed by atoms with Gasteiger partial charge in [0.05, 0.1) is 5.69 Å². The summed E-state index contributed by atoms with van der Waals surface area (Å²) >= 11 is 1.77. The highest BCUT2D eigenvalue weighted by atomic mass is 32.1. The van der Waals surface area contributed by atoms with Crippen molar-refractivity contribution in [1.29, 1.82) is 0 Å². The van der Waals surface area contributed by atoms with Crippen molar-refractivity contribution in [1.82, 2.24) is 10.3 Å². The van der Waals surface area contributed by atoms with Gasteiger partial charge in [0, 0.05) is 18.5 Å². The first-order valence-electron chi connectivity index (χ1n) is 6.30. The Balaban J connectivity index is 2.83. The fourth-order valence-electron chi connectivity index (χ4n) is 1.52. The molecule has 98 valence electrons. The van der Waals surface area contributed by atoms with E-state index < -0.39 is 0 Å². The molecule has 0 aliphatic heterocycles. The summed E-state index contributed by atoms with van der Waals surface area (Å²) < 4.78 is 5.49. The van der Waals surface area contributed by atoms with Crippen LogP contribution in [-0.2, 0) is 23.3 Å². The van der Waals surface area contributed by atoms with Crippen molar-refractivity contribution in [3.05, 3.63) is 15.6 Å². The summed E-state index contributed by atoms with van der Waals surface area (Å²) in [6, 6.07) is 0. The maximum absolute atomic E-state index is 5.49. The van der Waals surface area contributed by atoms with E-state index in [-0.39, 0.29) is 5.60 Å². The molecule has 0 bridgehead atoms. The largest absolute Gasteiger partial charge is 0.372 e. The van der Waals surface area contributed by atoms with Crippen LogP contribution in [-0.4, -0.2) is 18.6 Å². The first kappa shape index (κ1) is 14.6. The van der Waals surface area contributed by atoms with Crippen LogP contribution in [0.25, 0.3) is 0 Å². The van der Waals surface area contributed by atoms with E-state index in [4.69, 9.17) is 9.72 Å². The van der Waals surface area contributed by atoms with Crippen LogP contribution in [0.3, 0.4) is 0 Å². The quantitative estimate of drug-likeness (QED) is 0.761. The maximum Gasteiger partial charge on any atom is 0.125 e. The predicted octanol–water partition coefficient (Wildman–Crippen LogP) is 3.09. The number of nitrogens with zero attached hydrogens (tertiary/aromatic N) is 1. The lowest BCUT2D eigenvalue weighted by molar-refractivity contribution is 0.0189. The van der Waals surface area contributed by atoms with E-state index in [9.17, 15) is 0 Å². The average Bonchev–Trinajstić information content (AvgIpc) is 2.73. The molecule has 0 aromatic carbocycles. The summed E-state index contributed by atoms with van der Waals surface area (Å²) in [5, 5.41) is 4.51. The van der Waals surface area contributed by atoms with E-state index in [2.05, 4.69) is 33.0 Å². The fraction of sp³-hybridized carbons (Fsp3) is 0.769. The molecular weight excluding hydrogens is 232 g/mol. The molecule has 1 aromatic heterocycles. The lowest BCUT2D eigenvalue weighted by atomic mass is 10.1. The van der Waals surface area contributed by atoms with Gasteiger partial charge in [-0.25, -0.2) is 4.98 Å². The van der Waals surface area contributed by atoms with Crippen molar-refractivity contribution < 1.29 is 4.74 Å². The zero-order valence-electron chi connectivity index (χ0n) is 11.6. The number of aryl methyl sites for hydroxylation is 1. The van der Waals surface area contributed by atoms with Crippen molar-refractivity contribution in [2.45, 2.75) is 52.7 Å². The van der Waals surface area contributed by atoms with Gasteiger partial charge >= 0.3 is 0 Å².